The van der Waals surface area contributed by atoms with E-state index in [4.69, 9.17) is 4.74 Å². The summed E-state index contributed by atoms with van der Waals surface area (Å²) < 4.78 is 91.4. The molecule has 2 aromatic carbocycles. The number of nitrogens with zero attached hydrogens (tertiary/aromatic N) is 1. The number of rotatable bonds is 8. The van der Waals surface area contributed by atoms with Crippen LogP contribution in [0.5, 0.6) is 11.5 Å². The molecular weight excluding hydrogens is 492 g/mol. The van der Waals surface area contributed by atoms with Crippen molar-refractivity contribution >= 4 is 5.69 Å². The molecule has 0 spiro atoms. The lowest BCUT2D eigenvalue weighted by atomic mass is 9.89. The number of aliphatic hydroxyl groups excluding tert-OH is 1. The van der Waals surface area contributed by atoms with Crippen molar-refractivity contribution in [1.82, 2.24) is 0 Å². The highest BCUT2D eigenvalue weighted by Crippen LogP contribution is 2.44. The van der Waals surface area contributed by atoms with Crippen LogP contribution in [0.3, 0.4) is 0 Å². The Labute approximate surface area is 203 Å². The van der Waals surface area contributed by atoms with Crippen molar-refractivity contribution < 1.29 is 45.7 Å². The van der Waals surface area contributed by atoms with Gasteiger partial charge < -0.3 is 24.2 Å². The van der Waals surface area contributed by atoms with Gasteiger partial charge in [-0.25, -0.2) is 4.39 Å². The van der Waals surface area contributed by atoms with Gasteiger partial charge in [-0.3, -0.25) is 0 Å². The van der Waals surface area contributed by atoms with Gasteiger partial charge in [0.1, 0.15) is 24.8 Å². The first-order valence-corrected chi connectivity index (χ1v) is 11.1. The Kier molecular flexibility index (Phi) is 7.67. The van der Waals surface area contributed by atoms with E-state index >= 15 is 0 Å². The molecule has 0 saturated heterocycles. The van der Waals surface area contributed by atoms with Crippen LogP contribution in [0.2, 0.25) is 0 Å². The number of benzene rings is 2. The third kappa shape index (κ3) is 6.07. The van der Waals surface area contributed by atoms with Crippen LogP contribution >= 0.6 is 0 Å². The highest BCUT2D eigenvalue weighted by atomic mass is 19.4. The maximum atomic E-state index is 13.3. The number of para-hydroxylation sites is 1. The highest BCUT2D eigenvalue weighted by molar-refractivity contribution is 5.80. The molecule has 1 N–H and O–H groups in total. The number of hydrogen-bond donors (Lipinski definition) is 1. The summed E-state index contributed by atoms with van der Waals surface area (Å²) in [5.41, 5.74) is 1.35. The molecule has 4 rings (SSSR count). The molecule has 1 aliphatic heterocycles. The lowest BCUT2D eigenvalue weighted by Crippen LogP contribution is -2.50. The summed E-state index contributed by atoms with van der Waals surface area (Å²) in [4.78, 5) is 1.74. The standard InChI is InChI=1S/C25H23F6NO4/c26-12-17(33)13-32-21-9-3-8-20(15-4-1-7-19(10-15)36-25(29,30)31)23(21)34-14-22(32)16-5-2-6-18(11-16)35-24(27)28/h1-4,6-11,16-17,22,24,33H,5,12-14H2/t16-,17+,22?/m0/s1. The zero-order valence-corrected chi connectivity index (χ0v) is 18.8. The van der Waals surface area contributed by atoms with Crippen molar-refractivity contribution in [3.05, 3.63) is 66.5 Å². The van der Waals surface area contributed by atoms with Gasteiger partial charge in [0.2, 0.25) is 0 Å². The Bertz CT molecular complexity index is 1120. The molecule has 1 heterocycles. The maximum absolute atomic E-state index is 13.3. The Hall–Kier alpha value is -3.34. The second kappa shape index (κ2) is 10.7. The zero-order chi connectivity index (χ0) is 25.9. The number of alkyl halides is 6. The molecule has 0 saturated carbocycles. The van der Waals surface area contributed by atoms with Gasteiger partial charge >= 0.3 is 13.0 Å². The second-order valence-corrected chi connectivity index (χ2v) is 8.32. The van der Waals surface area contributed by atoms with Crippen LogP contribution in [0.15, 0.2) is 66.5 Å². The fourth-order valence-corrected chi connectivity index (χ4v) is 4.42. The van der Waals surface area contributed by atoms with Crippen LogP contribution in [0, 0.1) is 5.92 Å². The SMILES string of the molecule is O[C@H](CF)CN1c2cccc(-c3cccc(OC(F)(F)F)c3)c2OCC1[C@@H]1C=C(OC(F)F)C=CC1. The Morgan fingerprint density at radius 3 is 2.64 bits per heavy atom. The number of β-amino-alcohol motifs (C(OH)–C–C–N with tert-alkyl or cyclic N) is 1. The summed E-state index contributed by atoms with van der Waals surface area (Å²) in [5, 5.41) is 10.1. The predicted molar refractivity (Wildman–Crippen MR) is 120 cm³/mol. The van der Waals surface area contributed by atoms with E-state index < -0.39 is 37.5 Å². The largest absolute Gasteiger partial charge is 0.573 e. The van der Waals surface area contributed by atoms with E-state index in [1.807, 2.05) is 0 Å². The third-order valence-electron chi connectivity index (χ3n) is 5.85. The average Bonchev–Trinajstić information content (AvgIpc) is 2.82. The van der Waals surface area contributed by atoms with Crippen LogP contribution in [0.1, 0.15) is 6.42 Å². The van der Waals surface area contributed by atoms with Crippen LogP contribution in [-0.4, -0.2) is 50.1 Å². The lowest BCUT2D eigenvalue weighted by molar-refractivity contribution is -0.274. The van der Waals surface area contributed by atoms with Gasteiger partial charge in [0.05, 0.1) is 17.8 Å². The van der Waals surface area contributed by atoms with E-state index in [9.17, 15) is 31.4 Å². The summed E-state index contributed by atoms with van der Waals surface area (Å²) in [6, 6.07) is 9.95. The van der Waals surface area contributed by atoms with E-state index in [-0.39, 0.29) is 24.8 Å². The highest BCUT2D eigenvalue weighted by Gasteiger charge is 2.36. The van der Waals surface area contributed by atoms with Crippen LogP contribution in [-0.2, 0) is 4.74 Å². The van der Waals surface area contributed by atoms with Crippen molar-refractivity contribution in [1.29, 1.82) is 0 Å². The molecular formula is C25H23F6NO4. The van der Waals surface area contributed by atoms with E-state index in [1.165, 1.54) is 24.3 Å². The molecule has 2 aromatic rings. The Balaban J connectivity index is 1.70. The minimum absolute atomic E-state index is 0.00623. The molecule has 0 aromatic heterocycles. The summed E-state index contributed by atoms with van der Waals surface area (Å²) in [7, 11) is 0. The molecule has 5 nitrogen and oxygen atoms in total. The van der Waals surface area contributed by atoms with Crippen molar-refractivity contribution in [3.63, 3.8) is 0 Å². The molecule has 2 aliphatic rings. The molecule has 194 valence electrons. The summed E-state index contributed by atoms with van der Waals surface area (Å²) in [6.45, 7) is -4.06. The van der Waals surface area contributed by atoms with Gasteiger partial charge in [0.25, 0.3) is 0 Å². The van der Waals surface area contributed by atoms with Crippen molar-refractivity contribution in [3.8, 4) is 22.6 Å². The molecule has 0 amide bonds. The van der Waals surface area contributed by atoms with Gasteiger partial charge in [-0.05, 0) is 42.3 Å². The van der Waals surface area contributed by atoms with Crippen LogP contribution in [0.4, 0.5) is 32.0 Å². The predicted octanol–water partition coefficient (Wildman–Crippen LogP) is 5.85. The number of aliphatic hydroxyl groups is 1. The molecule has 0 radical (unpaired) electrons. The first-order chi connectivity index (χ1) is 17.1. The third-order valence-corrected chi connectivity index (χ3v) is 5.85. The summed E-state index contributed by atoms with van der Waals surface area (Å²) in [5.74, 6) is -0.422. The van der Waals surface area contributed by atoms with Crippen LogP contribution in [0.25, 0.3) is 11.1 Å². The normalized spacial score (nSPS) is 20.4. The van der Waals surface area contributed by atoms with Gasteiger partial charge in [0, 0.05) is 18.0 Å². The Morgan fingerprint density at radius 2 is 1.92 bits per heavy atom. The fourth-order valence-electron chi connectivity index (χ4n) is 4.42. The zero-order valence-electron chi connectivity index (χ0n) is 18.8. The smallest absolute Gasteiger partial charge is 0.489 e. The number of anilines is 1. The molecule has 1 aliphatic carbocycles. The monoisotopic (exact) mass is 515 g/mol. The maximum Gasteiger partial charge on any atom is 0.573 e. The lowest BCUT2D eigenvalue weighted by Gasteiger charge is -2.43. The second-order valence-electron chi connectivity index (χ2n) is 8.32. The van der Waals surface area contributed by atoms with Gasteiger partial charge in [0.15, 0.2) is 5.75 Å². The number of allylic oxidation sites excluding steroid dienone is 2. The number of fused-ring (bicyclic) bond motifs is 1. The van der Waals surface area contributed by atoms with E-state index in [2.05, 4.69) is 9.47 Å². The van der Waals surface area contributed by atoms with E-state index in [1.54, 1.807) is 41.3 Å². The van der Waals surface area contributed by atoms with Gasteiger partial charge in [-0.15, -0.1) is 13.2 Å². The topological polar surface area (TPSA) is 51.2 Å². The first kappa shape index (κ1) is 25.7. The minimum Gasteiger partial charge on any atom is -0.489 e. The molecule has 1 unspecified atom stereocenters. The molecule has 0 fully saturated rings. The van der Waals surface area contributed by atoms with E-state index in [0.717, 1.165) is 0 Å². The first-order valence-electron chi connectivity index (χ1n) is 11.1. The van der Waals surface area contributed by atoms with Crippen molar-refractivity contribution in [2.24, 2.45) is 5.92 Å². The van der Waals surface area contributed by atoms with Gasteiger partial charge in [-0.1, -0.05) is 30.3 Å². The minimum atomic E-state index is -4.85. The molecule has 3 atom stereocenters. The molecule has 0 bridgehead atoms. The fraction of sp³-hybridized carbons (Fsp3) is 0.360. The Morgan fingerprint density at radius 1 is 1.14 bits per heavy atom. The molecule has 11 heteroatoms. The number of hydrogen-bond acceptors (Lipinski definition) is 5. The number of ether oxygens (including phenoxy) is 3. The van der Waals surface area contributed by atoms with Crippen LogP contribution < -0.4 is 14.4 Å². The molecule has 36 heavy (non-hydrogen) atoms. The summed E-state index contributed by atoms with van der Waals surface area (Å²) in [6.07, 6.45) is -1.04. The number of halogens is 6. The quantitative estimate of drug-likeness (QED) is 0.447. The van der Waals surface area contributed by atoms with Crippen molar-refractivity contribution in [2.45, 2.75) is 31.5 Å². The van der Waals surface area contributed by atoms with Gasteiger partial charge in [-0.2, -0.15) is 8.78 Å². The van der Waals surface area contributed by atoms with Crippen molar-refractivity contribution in [2.75, 3.05) is 24.7 Å². The average molecular weight is 515 g/mol. The van der Waals surface area contributed by atoms with E-state index in [0.29, 0.717) is 29.0 Å². The summed E-state index contributed by atoms with van der Waals surface area (Å²) >= 11 is 0.